The number of hydrogen-bond donors (Lipinski definition) is 3. The van der Waals surface area contributed by atoms with Crippen molar-refractivity contribution in [3.63, 3.8) is 0 Å². The molecular weight excluding hydrogens is 336 g/mol. The van der Waals surface area contributed by atoms with Crippen LogP contribution in [0.5, 0.6) is 0 Å². The Morgan fingerprint density at radius 2 is 2.04 bits per heavy atom. The van der Waals surface area contributed by atoms with Gasteiger partial charge in [0.1, 0.15) is 17.1 Å². The van der Waals surface area contributed by atoms with Crippen molar-refractivity contribution in [1.29, 1.82) is 0 Å². The Labute approximate surface area is 146 Å². The van der Waals surface area contributed by atoms with E-state index in [0.29, 0.717) is 6.42 Å². The highest BCUT2D eigenvalue weighted by molar-refractivity contribution is 7.00. The first-order valence-corrected chi connectivity index (χ1v) is 8.75. The number of carboxylic acids is 1. The molecule has 3 heterocycles. The van der Waals surface area contributed by atoms with E-state index in [4.69, 9.17) is 0 Å². The number of para-hydroxylation sites is 1. The number of carbonyl (C=O) groups is 1. The fourth-order valence-electron chi connectivity index (χ4n) is 3.70. The predicted octanol–water partition coefficient (Wildman–Crippen LogP) is 2.86. The minimum absolute atomic E-state index is 0.259. The van der Waals surface area contributed by atoms with Crippen LogP contribution < -0.4 is 5.32 Å². The molecule has 0 amide bonds. The molecule has 0 unspecified atom stereocenters. The molecule has 25 heavy (non-hydrogen) atoms. The molecule has 0 fully saturated rings. The first-order chi connectivity index (χ1) is 12.2. The number of fused-ring (bicyclic) bond motifs is 4. The second-order valence-electron chi connectivity index (χ2n) is 6.24. The van der Waals surface area contributed by atoms with E-state index >= 15 is 0 Å². The van der Waals surface area contributed by atoms with Crippen molar-refractivity contribution in [1.82, 2.24) is 19.0 Å². The predicted molar refractivity (Wildman–Crippen MR) is 95.8 cm³/mol. The first kappa shape index (κ1) is 14.6. The molecule has 0 aliphatic carbocycles. The average molecular weight is 350 g/mol. The van der Waals surface area contributed by atoms with Crippen LogP contribution in [0.25, 0.3) is 21.9 Å². The van der Waals surface area contributed by atoms with Crippen LogP contribution >= 0.6 is 11.7 Å². The van der Waals surface area contributed by atoms with E-state index in [9.17, 15) is 9.90 Å². The second-order valence-corrected chi connectivity index (χ2v) is 6.77. The van der Waals surface area contributed by atoms with E-state index in [1.165, 1.54) is 11.7 Å². The number of aromatic nitrogens is 3. The average Bonchev–Trinajstić information content (AvgIpc) is 3.25. The maximum Gasteiger partial charge on any atom is 0.321 e. The zero-order valence-corrected chi connectivity index (χ0v) is 13.9. The van der Waals surface area contributed by atoms with Gasteiger partial charge in [0.2, 0.25) is 0 Å². The molecule has 0 saturated carbocycles. The molecule has 2 aromatic carbocycles. The van der Waals surface area contributed by atoms with Gasteiger partial charge in [0.05, 0.1) is 17.8 Å². The number of nitrogens with one attached hydrogen (secondary N) is 2. The molecule has 0 radical (unpaired) electrons. The topological polar surface area (TPSA) is 90.9 Å². The number of H-pyrrole nitrogens is 1. The van der Waals surface area contributed by atoms with E-state index < -0.39 is 12.0 Å². The number of carboxylic acid groups (broad SMARTS) is 1. The van der Waals surface area contributed by atoms with Gasteiger partial charge in [-0.3, -0.25) is 10.1 Å². The van der Waals surface area contributed by atoms with Gasteiger partial charge in [-0.15, -0.1) is 0 Å². The van der Waals surface area contributed by atoms with Crippen molar-refractivity contribution >= 4 is 39.6 Å². The number of rotatable bonds is 2. The molecule has 5 rings (SSSR count). The van der Waals surface area contributed by atoms with E-state index in [2.05, 4.69) is 19.0 Å². The monoisotopic (exact) mass is 350 g/mol. The highest BCUT2D eigenvalue weighted by atomic mass is 32.1. The molecule has 6 nitrogen and oxygen atoms in total. The van der Waals surface area contributed by atoms with Gasteiger partial charge in [-0.05, 0) is 17.7 Å². The minimum Gasteiger partial charge on any atom is -0.480 e. The zero-order valence-electron chi connectivity index (χ0n) is 13.1. The van der Waals surface area contributed by atoms with Crippen LogP contribution in [0.2, 0.25) is 0 Å². The largest absolute Gasteiger partial charge is 0.480 e. The van der Waals surface area contributed by atoms with Gasteiger partial charge in [0.15, 0.2) is 0 Å². The first-order valence-electron chi connectivity index (χ1n) is 8.02. The quantitative estimate of drug-likeness (QED) is 0.517. The van der Waals surface area contributed by atoms with E-state index in [0.717, 1.165) is 38.8 Å². The number of benzene rings is 2. The highest BCUT2D eigenvalue weighted by Crippen LogP contribution is 2.37. The Morgan fingerprint density at radius 1 is 1.16 bits per heavy atom. The fourth-order valence-corrected chi connectivity index (χ4v) is 4.26. The fraction of sp³-hybridized carbons (Fsp3) is 0.167. The summed E-state index contributed by atoms with van der Waals surface area (Å²) in [6.07, 6.45) is 0.455. The van der Waals surface area contributed by atoms with Crippen LogP contribution in [-0.2, 0) is 11.2 Å². The zero-order chi connectivity index (χ0) is 17.0. The SMILES string of the molecule is O=C(O)[C@@H]1Cc2c([nH]c3ccccc23)[C@@H](c2cccc3nsnc23)N1. The summed E-state index contributed by atoms with van der Waals surface area (Å²) in [6, 6.07) is 13.0. The van der Waals surface area contributed by atoms with Crippen molar-refractivity contribution in [2.75, 3.05) is 0 Å². The molecule has 124 valence electrons. The second kappa shape index (κ2) is 5.37. The molecule has 0 saturated heterocycles. The van der Waals surface area contributed by atoms with Crippen LogP contribution in [0, 0.1) is 0 Å². The third kappa shape index (κ3) is 2.16. The van der Waals surface area contributed by atoms with Crippen LogP contribution in [0.4, 0.5) is 0 Å². The number of hydrogen-bond acceptors (Lipinski definition) is 5. The Kier molecular flexibility index (Phi) is 3.13. The summed E-state index contributed by atoms with van der Waals surface area (Å²) >= 11 is 1.17. The molecule has 1 aliphatic rings. The molecule has 3 N–H and O–H groups in total. The van der Waals surface area contributed by atoms with Gasteiger partial charge in [-0.25, -0.2) is 0 Å². The summed E-state index contributed by atoms with van der Waals surface area (Å²) in [6.45, 7) is 0. The summed E-state index contributed by atoms with van der Waals surface area (Å²) in [5.74, 6) is -0.843. The Morgan fingerprint density at radius 3 is 2.92 bits per heavy atom. The molecule has 0 spiro atoms. The van der Waals surface area contributed by atoms with Crippen LogP contribution in [0.3, 0.4) is 0 Å². The lowest BCUT2D eigenvalue weighted by molar-refractivity contribution is -0.139. The number of aromatic amines is 1. The summed E-state index contributed by atoms with van der Waals surface area (Å²) in [7, 11) is 0. The molecule has 2 atom stereocenters. The summed E-state index contributed by atoms with van der Waals surface area (Å²) < 4.78 is 8.72. The normalized spacial score (nSPS) is 20.0. The van der Waals surface area contributed by atoms with Crippen molar-refractivity contribution < 1.29 is 9.90 Å². The minimum atomic E-state index is -0.843. The third-order valence-electron chi connectivity index (χ3n) is 4.84. The van der Waals surface area contributed by atoms with Crippen molar-refractivity contribution in [3.8, 4) is 0 Å². The summed E-state index contributed by atoms with van der Waals surface area (Å²) in [4.78, 5) is 15.2. The maximum absolute atomic E-state index is 11.7. The van der Waals surface area contributed by atoms with Gasteiger partial charge >= 0.3 is 5.97 Å². The van der Waals surface area contributed by atoms with Crippen molar-refractivity contribution in [2.45, 2.75) is 18.5 Å². The van der Waals surface area contributed by atoms with Gasteiger partial charge < -0.3 is 10.1 Å². The standard InChI is InChI=1S/C18H14N4O2S/c23-18(24)14-8-11-9-4-1-2-6-12(9)19-17(11)16(20-14)10-5-3-7-13-15(10)22-25-21-13/h1-7,14,16,19-20H,8H2,(H,23,24)/t14-,16+/m0/s1. The third-order valence-corrected chi connectivity index (χ3v) is 5.38. The maximum atomic E-state index is 11.7. The lowest BCUT2D eigenvalue weighted by Gasteiger charge is -2.29. The van der Waals surface area contributed by atoms with Gasteiger partial charge in [0, 0.05) is 28.6 Å². The van der Waals surface area contributed by atoms with E-state index in [-0.39, 0.29) is 6.04 Å². The Balaban J connectivity index is 1.77. The molecular formula is C18H14N4O2S. The number of nitrogens with zero attached hydrogens (tertiary/aromatic N) is 2. The van der Waals surface area contributed by atoms with E-state index in [1.807, 2.05) is 42.5 Å². The van der Waals surface area contributed by atoms with Crippen LogP contribution in [-0.4, -0.2) is 30.8 Å². The summed E-state index contributed by atoms with van der Waals surface area (Å²) in [5, 5.41) is 14.0. The van der Waals surface area contributed by atoms with Crippen molar-refractivity contribution in [2.24, 2.45) is 0 Å². The molecule has 2 aromatic heterocycles. The highest BCUT2D eigenvalue weighted by Gasteiger charge is 2.34. The molecule has 7 heteroatoms. The Bertz CT molecular complexity index is 1120. The summed E-state index contributed by atoms with van der Waals surface area (Å²) in [5.41, 5.74) is 5.70. The van der Waals surface area contributed by atoms with Gasteiger partial charge in [-0.2, -0.15) is 8.75 Å². The molecule has 1 aliphatic heterocycles. The van der Waals surface area contributed by atoms with Gasteiger partial charge in [-0.1, -0.05) is 30.3 Å². The van der Waals surface area contributed by atoms with Crippen LogP contribution in [0.1, 0.15) is 22.9 Å². The van der Waals surface area contributed by atoms with Crippen molar-refractivity contribution in [3.05, 3.63) is 59.3 Å². The smallest absolute Gasteiger partial charge is 0.321 e. The number of aliphatic carboxylic acids is 1. The van der Waals surface area contributed by atoms with Gasteiger partial charge in [0.25, 0.3) is 0 Å². The van der Waals surface area contributed by atoms with Crippen LogP contribution in [0.15, 0.2) is 42.5 Å². The molecule has 0 bridgehead atoms. The van der Waals surface area contributed by atoms with E-state index in [1.54, 1.807) is 0 Å². The Hall–Kier alpha value is -2.77. The lowest BCUT2D eigenvalue weighted by Crippen LogP contribution is -2.45. The lowest BCUT2D eigenvalue weighted by atomic mass is 9.90. The molecule has 4 aromatic rings.